The van der Waals surface area contributed by atoms with Crippen LogP contribution in [-0.4, -0.2) is 16.3 Å². The molecule has 0 atom stereocenters. The largest absolute Gasteiger partial charge is 0.507 e. The maximum atomic E-state index is 13.8. The van der Waals surface area contributed by atoms with Gasteiger partial charge in [-0.3, -0.25) is 4.99 Å². The fraction of sp³-hybridized carbons (Fsp3) is 0.316. The first kappa shape index (κ1) is 30.2. The normalized spacial score (nSPS) is 12.9. The Bertz CT molecular complexity index is 1830. The van der Waals surface area contributed by atoms with Crippen LogP contribution in [0, 0.1) is 5.82 Å². The summed E-state index contributed by atoms with van der Waals surface area (Å²) in [5, 5.41) is 11.3. The van der Waals surface area contributed by atoms with Crippen LogP contribution in [0.25, 0.3) is 33.7 Å². The first-order chi connectivity index (χ1) is 20.0. The minimum atomic E-state index is -0.284. The zero-order valence-electron chi connectivity index (χ0n) is 26.6. The fourth-order valence-electron chi connectivity index (χ4n) is 5.09. The highest BCUT2D eigenvalue weighted by molar-refractivity contribution is 5.94. The number of rotatable bonds is 4. The minimum absolute atomic E-state index is 0.0967. The number of aliphatic imine (C=N–C) groups is 1. The van der Waals surface area contributed by atoms with Crippen LogP contribution in [0.4, 0.5) is 10.1 Å². The monoisotopic (exact) mass is 576 g/mol. The lowest BCUT2D eigenvalue weighted by Gasteiger charge is -2.27. The van der Waals surface area contributed by atoms with Gasteiger partial charge in [0.05, 0.1) is 11.3 Å². The van der Waals surface area contributed by atoms with E-state index in [1.165, 1.54) is 12.1 Å². The molecule has 0 bridgehead atoms. The van der Waals surface area contributed by atoms with E-state index in [0.29, 0.717) is 28.2 Å². The number of para-hydroxylation sites is 1. The molecule has 0 aliphatic rings. The third-order valence-corrected chi connectivity index (χ3v) is 7.81. The van der Waals surface area contributed by atoms with Crippen LogP contribution in [0.3, 0.4) is 0 Å². The molecular weight excluding hydrogens is 535 g/mol. The third-order valence-electron chi connectivity index (χ3n) is 7.81. The molecule has 43 heavy (non-hydrogen) atoms. The van der Waals surface area contributed by atoms with E-state index in [9.17, 15) is 9.50 Å². The van der Waals surface area contributed by atoms with E-state index in [1.54, 1.807) is 18.3 Å². The fourth-order valence-corrected chi connectivity index (χ4v) is 5.09. The molecule has 0 spiro atoms. The molecule has 0 aliphatic heterocycles. The number of phenolic OH excluding ortho intramolecular Hbond substituents is 1. The zero-order chi connectivity index (χ0) is 31.3. The molecule has 4 aromatic carbocycles. The van der Waals surface area contributed by atoms with Crippen LogP contribution < -0.4 is 0 Å². The van der Waals surface area contributed by atoms with Crippen molar-refractivity contribution in [2.75, 3.05) is 0 Å². The number of halogens is 1. The highest BCUT2D eigenvalue weighted by atomic mass is 19.1. The van der Waals surface area contributed by atoms with Gasteiger partial charge < -0.3 is 9.52 Å². The Morgan fingerprint density at radius 2 is 1.37 bits per heavy atom. The van der Waals surface area contributed by atoms with E-state index in [2.05, 4.69) is 74.4 Å². The van der Waals surface area contributed by atoms with E-state index in [-0.39, 0.29) is 27.8 Å². The number of oxazole rings is 1. The molecule has 0 aliphatic carbocycles. The Labute approximate surface area is 254 Å². The van der Waals surface area contributed by atoms with Gasteiger partial charge in [-0.05, 0) is 75.4 Å². The maximum absolute atomic E-state index is 13.8. The van der Waals surface area contributed by atoms with Gasteiger partial charge >= 0.3 is 0 Å². The van der Waals surface area contributed by atoms with Crippen LogP contribution in [0.2, 0.25) is 0 Å². The summed E-state index contributed by atoms with van der Waals surface area (Å²) >= 11 is 0. The quantitative estimate of drug-likeness (QED) is 0.217. The summed E-state index contributed by atoms with van der Waals surface area (Å²) in [5.74, 6) is 0.399. The van der Waals surface area contributed by atoms with Crippen molar-refractivity contribution >= 4 is 23.0 Å². The summed E-state index contributed by atoms with van der Waals surface area (Å²) in [6.07, 6.45) is 1.73. The van der Waals surface area contributed by atoms with E-state index in [1.807, 2.05) is 36.4 Å². The third kappa shape index (κ3) is 6.27. The first-order valence-corrected chi connectivity index (χ1v) is 14.7. The zero-order valence-corrected chi connectivity index (χ0v) is 26.6. The second-order valence-electron chi connectivity index (χ2n) is 14.4. The predicted octanol–water partition coefficient (Wildman–Crippen LogP) is 10.6. The van der Waals surface area contributed by atoms with Gasteiger partial charge in [-0.2, -0.15) is 0 Å². The summed E-state index contributed by atoms with van der Waals surface area (Å²) in [4.78, 5) is 9.80. The standard InChI is InChI=1S/C38H41FN2O2/c1-36(2,3)25-18-24(34(42)30(20-25)38(7,8)9)22-40-31-13-11-10-12-28(31)35-41-33-29(23-14-16-27(39)17-15-23)19-26(37(4,5)6)21-32(33)43-35/h10-22,42H,1-9H3. The van der Waals surface area contributed by atoms with Crippen molar-refractivity contribution in [3.8, 4) is 28.3 Å². The van der Waals surface area contributed by atoms with Crippen molar-refractivity contribution < 1.29 is 13.9 Å². The van der Waals surface area contributed by atoms with Crippen molar-refractivity contribution in [1.82, 2.24) is 4.98 Å². The van der Waals surface area contributed by atoms with Gasteiger partial charge in [-0.1, -0.05) is 92.6 Å². The molecule has 5 heteroatoms. The molecule has 0 unspecified atom stereocenters. The van der Waals surface area contributed by atoms with Gasteiger partial charge in [0.15, 0.2) is 5.58 Å². The van der Waals surface area contributed by atoms with Gasteiger partial charge in [0.25, 0.3) is 0 Å². The second-order valence-corrected chi connectivity index (χ2v) is 14.4. The SMILES string of the molecule is CC(C)(C)c1cc(C=Nc2ccccc2-c2nc3c(-c4ccc(F)cc4)cc(C(C)(C)C)cc3o2)c(O)c(C(C)(C)C)c1. The van der Waals surface area contributed by atoms with Crippen LogP contribution in [0.5, 0.6) is 5.75 Å². The Hall–Kier alpha value is -4.25. The molecule has 0 radical (unpaired) electrons. The summed E-state index contributed by atoms with van der Waals surface area (Å²) in [7, 11) is 0. The van der Waals surface area contributed by atoms with Gasteiger partial charge in [0.1, 0.15) is 17.1 Å². The van der Waals surface area contributed by atoms with Crippen molar-refractivity contribution in [3.63, 3.8) is 0 Å². The first-order valence-electron chi connectivity index (χ1n) is 14.7. The smallest absolute Gasteiger partial charge is 0.229 e. The summed E-state index contributed by atoms with van der Waals surface area (Å²) in [6, 6.07) is 22.4. The minimum Gasteiger partial charge on any atom is -0.507 e. The van der Waals surface area contributed by atoms with Crippen molar-refractivity contribution in [2.45, 2.75) is 78.6 Å². The molecule has 0 amide bonds. The Morgan fingerprint density at radius 3 is 2.00 bits per heavy atom. The Morgan fingerprint density at radius 1 is 0.744 bits per heavy atom. The topological polar surface area (TPSA) is 58.6 Å². The molecule has 0 saturated carbocycles. The maximum Gasteiger partial charge on any atom is 0.229 e. The summed E-state index contributed by atoms with van der Waals surface area (Å²) in [6.45, 7) is 19.3. The van der Waals surface area contributed by atoms with Gasteiger partial charge in [0.2, 0.25) is 5.89 Å². The average molecular weight is 577 g/mol. The van der Waals surface area contributed by atoms with Crippen molar-refractivity contribution in [1.29, 1.82) is 0 Å². The van der Waals surface area contributed by atoms with Crippen LogP contribution in [-0.2, 0) is 16.2 Å². The number of benzene rings is 4. The lowest BCUT2D eigenvalue weighted by Crippen LogP contribution is -2.17. The number of phenols is 1. The molecular formula is C38H41FN2O2. The molecule has 222 valence electrons. The molecule has 4 nitrogen and oxygen atoms in total. The lowest BCUT2D eigenvalue weighted by atomic mass is 9.79. The summed E-state index contributed by atoms with van der Waals surface area (Å²) in [5.41, 5.74) is 7.84. The van der Waals surface area contributed by atoms with Gasteiger partial charge in [-0.15, -0.1) is 0 Å². The number of aromatic hydroxyl groups is 1. The second kappa shape index (κ2) is 10.8. The Kier molecular flexibility index (Phi) is 7.58. The van der Waals surface area contributed by atoms with Crippen LogP contribution in [0.1, 0.15) is 84.6 Å². The summed E-state index contributed by atoms with van der Waals surface area (Å²) < 4.78 is 20.2. The van der Waals surface area contributed by atoms with E-state index in [4.69, 9.17) is 14.4 Å². The Balaban J connectivity index is 1.65. The predicted molar refractivity (Wildman–Crippen MR) is 176 cm³/mol. The molecule has 0 fully saturated rings. The van der Waals surface area contributed by atoms with Crippen molar-refractivity contribution in [2.24, 2.45) is 4.99 Å². The number of fused-ring (bicyclic) bond motifs is 1. The van der Waals surface area contributed by atoms with Gasteiger partial charge in [0, 0.05) is 22.9 Å². The highest BCUT2D eigenvalue weighted by Crippen LogP contribution is 2.40. The number of hydrogen-bond acceptors (Lipinski definition) is 4. The van der Waals surface area contributed by atoms with Gasteiger partial charge in [-0.25, -0.2) is 9.37 Å². The molecule has 1 heterocycles. The van der Waals surface area contributed by atoms with E-state index >= 15 is 0 Å². The number of aromatic nitrogens is 1. The van der Waals surface area contributed by atoms with Crippen LogP contribution >= 0.6 is 0 Å². The molecule has 5 aromatic rings. The molecule has 1 aromatic heterocycles. The van der Waals surface area contributed by atoms with Crippen LogP contribution in [0.15, 0.2) is 82.2 Å². The van der Waals surface area contributed by atoms with E-state index < -0.39 is 0 Å². The van der Waals surface area contributed by atoms with E-state index in [0.717, 1.165) is 33.4 Å². The molecule has 1 N–H and O–H groups in total. The highest BCUT2D eigenvalue weighted by Gasteiger charge is 2.25. The molecule has 0 saturated heterocycles. The lowest BCUT2D eigenvalue weighted by molar-refractivity contribution is 0.444. The molecule has 5 rings (SSSR count). The number of hydrogen-bond donors (Lipinski definition) is 1. The average Bonchev–Trinajstić information content (AvgIpc) is 3.35. The number of nitrogens with zero attached hydrogens (tertiary/aromatic N) is 2. The van der Waals surface area contributed by atoms with Crippen molar-refractivity contribution in [3.05, 3.63) is 101 Å².